The molecule has 162 valence electrons. The normalized spacial score (nSPS) is 15.4. The highest BCUT2D eigenvalue weighted by Crippen LogP contribution is 2.24. The lowest BCUT2D eigenvalue weighted by atomic mass is 10.1. The zero-order chi connectivity index (χ0) is 21.2. The number of halogens is 3. The first-order valence-electron chi connectivity index (χ1n) is 9.63. The van der Waals surface area contributed by atoms with Crippen molar-refractivity contribution in [3.05, 3.63) is 29.6 Å². The van der Waals surface area contributed by atoms with E-state index in [1.165, 1.54) is 18.2 Å². The zero-order valence-corrected chi connectivity index (χ0v) is 16.6. The minimum absolute atomic E-state index is 0.0397. The van der Waals surface area contributed by atoms with E-state index in [1.807, 2.05) is 6.92 Å². The van der Waals surface area contributed by atoms with Gasteiger partial charge in [0.25, 0.3) is 0 Å². The van der Waals surface area contributed by atoms with Gasteiger partial charge in [-0.3, -0.25) is 0 Å². The number of likely N-dealkylation sites (tertiary alicyclic amines) is 1. The van der Waals surface area contributed by atoms with Gasteiger partial charge in [0.15, 0.2) is 5.96 Å². The molecular weight excluding hydrogens is 389 g/mol. The summed E-state index contributed by atoms with van der Waals surface area (Å²) >= 11 is 0. The number of nitrogens with one attached hydrogen (secondary N) is 2. The number of amides is 1. The Morgan fingerprint density at radius 2 is 2.03 bits per heavy atom. The van der Waals surface area contributed by atoms with Crippen LogP contribution in [-0.2, 0) is 11.3 Å². The van der Waals surface area contributed by atoms with Gasteiger partial charge in [0.1, 0.15) is 11.6 Å². The maximum absolute atomic E-state index is 14.1. The molecule has 0 saturated carbocycles. The van der Waals surface area contributed by atoms with Crippen LogP contribution in [0.15, 0.2) is 23.2 Å². The second kappa shape index (κ2) is 11.4. The Morgan fingerprint density at radius 1 is 1.31 bits per heavy atom. The van der Waals surface area contributed by atoms with Gasteiger partial charge in [-0.15, -0.1) is 0 Å². The summed E-state index contributed by atoms with van der Waals surface area (Å²) in [6.45, 7) is 2.45. The molecule has 2 N–H and O–H groups in total. The second-order valence-electron chi connectivity index (χ2n) is 6.39. The minimum atomic E-state index is -3.05. The van der Waals surface area contributed by atoms with Crippen LogP contribution in [0.2, 0.25) is 0 Å². The van der Waals surface area contributed by atoms with E-state index in [2.05, 4.69) is 20.4 Å². The van der Waals surface area contributed by atoms with E-state index in [4.69, 9.17) is 4.74 Å². The molecular formula is C19H27F3N4O3. The molecule has 7 nitrogen and oxygen atoms in total. The molecule has 2 rings (SSSR count). The standard InChI is InChI=1S/C19H27F3N4O3/c1-3-23-18(25-13-8-10-26(11-9-13)19(27)28-4-2)24-12-14-15(20)6-5-7-16(14)29-17(21)22/h5-7,13,17H,3-4,8-12H2,1-2H3,(H2,23,24,25). The molecule has 10 heteroatoms. The van der Waals surface area contributed by atoms with Gasteiger partial charge >= 0.3 is 12.7 Å². The van der Waals surface area contributed by atoms with Gasteiger partial charge in [0, 0.05) is 25.7 Å². The van der Waals surface area contributed by atoms with E-state index in [0.29, 0.717) is 45.0 Å². The number of hydrogen-bond donors (Lipinski definition) is 2. The number of rotatable bonds is 7. The molecule has 0 bridgehead atoms. The summed E-state index contributed by atoms with van der Waals surface area (Å²) in [7, 11) is 0. The molecule has 1 aromatic rings. The quantitative estimate of drug-likeness (QED) is 0.528. The number of alkyl halides is 2. The van der Waals surface area contributed by atoms with Gasteiger partial charge < -0.3 is 25.0 Å². The largest absolute Gasteiger partial charge is 0.450 e. The maximum Gasteiger partial charge on any atom is 0.409 e. The summed E-state index contributed by atoms with van der Waals surface area (Å²) < 4.78 is 48.6. The van der Waals surface area contributed by atoms with Gasteiger partial charge in [-0.25, -0.2) is 14.2 Å². The van der Waals surface area contributed by atoms with Crippen LogP contribution in [0, 0.1) is 5.82 Å². The third kappa shape index (κ3) is 7.03. The molecule has 0 aromatic heterocycles. The summed E-state index contributed by atoms with van der Waals surface area (Å²) in [5.74, 6) is -0.457. The minimum Gasteiger partial charge on any atom is -0.450 e. The highest BCUT2D eigenvalue weighted by Gasteiger charge is 2.24. The summed E-state index contributed by atoms with van der Waals surface area (Å²) in [5.41, 5.74) is -0.0397. The predicted octanol–water partition coefficient (Wildman–Crippen LogP) is 3.10. The zero-order valence-electron chi connectivity index (χ0n) is 16.6. The number of nitrogens with zero attached hydrogens (tertiary/aromatic N) is 2. The van der Waals surface area contributed by atoms with Gasteiger partial charge in [0.05, 0.1) is 18.7 Å². The first kappa shape index (κ1) is 22.6. The monoisotopic (exact) mass is 416 g/mol. The number of piperidine rings is 1. The Hall–Kier alpha value is -2.65. The lowest BCUT2D eigenvalue weighted by Crippen LogP contribution is -2.49. The molecule has 0 aliphatic carbocycles. The van der Waals surface area contributed by atoms with E-state index >= 15 is 0 Å². The van der Waals surface area contributed by atoms with Crippen LogP contribution < -0.4 is 15.4 Å². The predicted molar refractivity (Wildman–Crippen MR) is 103 cm³/mol. The number of carbonyl (C=O) groups excluding carboxylic acids is 1. The SMILES string of the molecule is CCNC(=NCc1c(F)cccc1OC(F)F)NC1CCN(C(=O)OCC)CC1. The molecule has 0 unspecified atom stereocenters. The highest BCUT2D eigenvalue weighted by molar-refractivity contribution is 5.80. The highest BCUT2D eigenvalue weighted by atomic mass is 19.3. The summed E-state index contributed by atoms with van der Waals surface area (Å²) in [4.78, 5) is 17.7. The third-order valence-electron chi connectivity index (χ3n) is 4.39. The number of benzene rings is 1. The number of aliphatic imine (C=N–C) groups is 1. The molecule has 1 saturated heterocycles. The molecule has 1 heterocycles. The lowest BCUT2D eigenvalue weighted by Gasteiger charge is -2.32. The van der Waals surface area contributed by atoms with E-state index in [-0.39, 0.29) is 30.0 Å². The second-order valence-corrected chi connectivity index (χ2v) is 6.39. The number of carbonyl (C=O) groups is 1. The molecule has 0 radical (unpaired) electrons. The number of ether oxygens (including phenoxy) is 2. The fourth-order valence-corrected chi connectivity index (χ4v) is 2.99. The Morgan fingerprint density at radius 3 is 2.66 bits per heavy atom. The van der Waals surface area contributed by atoms with Crippen LogP contribution >= 0.6 is 0 Å². The van der Waals surface area contributed by atoms with Crippen molar-refractivity contribution in [3.63, 3.8) is 0 Å². The molecule has 1 aliphatic heterocycles. The van der Waals surface area contributed by atoms with E-state index < -0.39 is 12.4 Å². The van der Waals surface area contributed by atoms with Crippen LogP contribution in [0.1, 0.15) is 32.3 Å². The summed E-state index contributed by atoms with van der Waals surface area (Å²) in [6.07, 6.45) is 1.07. The van der Waals surface area contributed by atoms with E-state index in [0.717, 1.165) is 0 Å². The van der Waals surface area contributed by atoms with Crippen molar-refractivity contribution in [1.29, 1.82) is 0 Å². The Labute approximate surface area is 168 Å². The van der Waals surface area contributed by atoms with Crippen molar-refractivity contribution in [2.75, 3.05) is 26.2 Å². The van der Waals surface area contributed by atoms with Gasteiger partial charge in [-0.2, -0.15) is 8.78 Å². The topological polar surface area (TPSA) is 75.2 Å². The average molecular weight is 416 g/mol. The number of hydrogen-bond acceptors (Lipinski definition) is 4. The van der Waals surface area contributed by atoms with Gasteiger partial charge in [-0.1, -0.05) is 6.07 Å². The van der Waals surface area contributed by atoms with E-state index in [9.17, 15) is 18.0 Å². The Kier molecular flexibility index (Phi) is 8.88. The molecule has 1 amide bonds. The molecule has 0 atom stereocenters. The summed E-state index contributed by atoms with van der Waals surface area (Å²) in [6, 6.07) is 3.83. The molecule has 29 heavy (non-hydrogen) atoms. The maximum atomic E-state index is 14.1. The van der Waals surface area contributed by atoms with Crippen molar-refractivity contribution in [1.82, 2.24) is 15.5 Å². The van der Waals surface area contributed by atoms with Crippen LogP contribution in [0.25, 0.3) is 0 Å². The van der Waals surface area contributed by atoms with Gasteiger partial charge in [0.2, 0.25) is 0 Å². The number of guanidine groups is 1. The first-order valence-corrected chi connectivity index (χ1v) is 9.63. The molecule has 1 aromatic carbocycles. The van der Waals surface area contributed by atoms with E-state index in [1.54, 1.807) is 11.8 Å². The van der Waals surface area contributed by atoms with Crippen molar-refractivity contribution >= 4 is 12.1 Å². The van der Waals surface area contributed by atoms with Crippen LogP contribution in [0.4, 0.5) is 18.0 Å². The lowest BCUT2D eigenvalue weighted by molar-refractivity contribution is -0.0506. The fourth-order valence-electron chi connectivity index (χ4n) is 2.99. The Bertz CT molecular complexity index is 695. The van der Waals surface area contributed by atoms with Crippen LogP contribution in [0.5, 0.6) is 5.75 Å². The Balaban J connectivity index is 2.00. The fraction of sp³-hybridized carbons (Fsp3) is 0.579. The van der Waals surface area contributed by atoms with Crippen molar-refractivity contribution in [3.8, 4) is 5.75 Å². The first-order chi connectivity index (χ1) is 13.9. The summed E-state index contributed by atoms with van der Waals surface area (Å²) in [5, 5.41) is 6.30. The molecule has 1 fully saturated rings. The van der Waals surface area contributed by atoms with Gasteiger partial charge in [-0.05, 0) is 38.8 Å². The average Bonchev–Trinajstić information content (AvgIpc) is 2.68. The van der Waals surface area contributed by atoms with Crippen LogP contribution in [-0.4, -0.2) is 55.8 Å². The smallest absolute Gasteiger partial charge is 0.409 e. The molecule has 1 aliphatic rings. The van der Waals surface area contributed by atoms with Crippen molar-refractivity contribution < 1.29 is 27.4 Å². The third-order valence-corrected chi connectivity index (χ3v) is 4.39. The van der Waals surface area contributed by atoms with Crippen LogP contribution in [0.3, 0.4) is 0 Å². The van der Waals surface area contributed by atoms with Crippen molar-refractivity contribution in [2.45, 2.75) is 45.9 Å². The molecule has 0 spiro atoms. The van der Waals surface area contributed by atoms with Crippen molar-refractivity contribution in [2.24, 2.45) is 4.99 Å².